The van der Waals surface area contributed by atoms with Crippen molar-refractivity contribution in [3.8, 4) is 0 Å². The number of sulfonamides is 1. The van der Waals surface area contributed by atoms with Crippen molar-refractivity contribution in [3.63, 3.8) is 0 Å². The van der Waals surface area contributed by atoms with Crippen molar-refractivity contribution in [2.45, 2.75) is 18.6 Å². The van der Waals surface area contributed by atoms with Crippen LogP contribution >= 0.6 is 12.4 Å². The molecule has 2 rings (SSSR count). The van der Waals surface area contributed by atoms with Crippen LogP contribution < -0.4 is 10.6 Å². The summed E-state index contributed by atoms with van der Waals surface area (Å²) in [6.45, 7) is 2.06. The van der Waals surface area contributed by atoms with Gasteiger partial charge in [-0.25, -0.2) is 8.42 Å². The summed E-state index contributed by atoms with van der Waals surface area (Å²) in [6.07, 6.45) is 0.990. The normalized spacial score (nSPS) is 21.7. The van der Waals surface area contributed by atoms with Gasteiger partial charge >= 0.3 is 5.76 Å². The molecule has 2 fully saturated rings. The number of amides is 1. The summed E-state index contributed by atoms with van der Waals surface area (Å²) in [7, 11) is -4.46. The molecule has 0 saturated carbocycles. The first-order valence-corrected chi connectivity index (χ1v) is 8.17. The number of nitrogens with zero attached hydrogens (tertiary/aromatic N) is 1. The molecule has 10 heteroatoms. The first-order chi connectivity index (χ1) is 9.41. The van der Waals surface area contributed by atoms with Gasteiger partial charge in [0.05, 0.1) is 5.92 Å². The lowest BCUT2D eigenvalue weighted by molar-refractivity contribution is -0.126. The molecule has 124 valence electrons. The number of hydrogen-bond donors (Lipinski definition) is 2. The number of carbonyl (C=O) groups is 1. The summed E-state index contributed by atoms with van der Waals surface area (Å²) < 4.78 is 48.2. The maximum absolute atomic E-state index is 12.4. The largest absolute Gasteiger partial charge is 0.356 e. The second-order valence-electron chi connectivity index (χ2n) is 5.25. The van der Waals surface area contributed by atoms with Crippen LogP contribution in [0.25, 0.3) is 0 Å². The molecule has 21 heavy (non-hydrogen) atoms. The summed E-state index contributed by atoms with van der Waals surface area (Å²) in [4.78, 5) is 11.6. The van der Waals surface area contributed by atoms with Crippen LogP contribution in [-0.4, -0.2) is 57.1 Å². The van der Waals surface area contributed by atoms with Crippen LogP contribution in [0.4, 0.5) is 8.78 Å². The molecule has 0 aromatic heterocycles. The third kappa shape index (κ3) is 4.48. The van der Waals surface area contributed by atoms with E-state index in [9.17, 15) is 22.0 Å². The Morgan fingerprint density at radius 1 is 1.29 bits per heavy atom. The Balaban J connectivity index is 0.00000220. The van der Waals surface area contributed by atoms with Gasteiger partial charge in [-0.1, -0.05) is 0 Å². The van der Waals surface area contributed by atoms with Gasteiger partial charge in [0, 0.05) is 32.7 Å². The van der Waals surface area contributed by atoms with Crippen LogP contribution in [0.5, 0.6) is 0 Å². The van der Waals surface area contributed by atoms with E-state index in [4.69, 9.17) is 0 Å². The van der Waals surface area contributed by atoms with Crippen molar-refractivity contribution in [2.24, 2.45) is 11.8 Å². The number of piperidine rings is 1. The van der Waals surface area contributed by atoms with Gasteiger partial charge in [-0.05, 0) is 18.8 Å². The molecular weight excluding hydrogens is 328 g/mol. The molecule has 0 radical (unpaired) electrons. The number of rotatable bonds is 5. The fourth-order valence-corrected chi connectivity index (χ4v) is 3.29. The third-order valence-corrected chi connectivity index (χ3v) is 5.41. The summed E-state index contributed by atoms with van der Waals surface area (Å²) in [5, 5.41) is 5.84. The molecule has 2 aliphatic rings. The summed E-state index contributed by atoms with van der Waals surface area (Å²) in [6, 6.07) is 0. The molecule has 0 atom stereocenters. The van der Waals surface area contributed by atoms with E-state index in [-0.39, 0.29) is 43.2 Å². The predicted octanol–water partition coefficient (Wildman–Crippen LogP) is 0.00820. The lowest BCUT2D eigenvalue weighted by Crippen LogP contribution is -2.52. The topological polar surface area (TPSA) is 78.5 Å². The summed E-state index contributed by atoms with van der Waals surface area (Å²) >= 11 is 0. The van der Waals surface area contributed by atoms with Crippen LogP contribution in [0.15, 0.2) is 0 Å². The van der Waals surface area contributed by atoms with E-state index in [1.165, 1.54) is 0 Å². The molecule has 0 aromatic rings. The van der Waals surface area contributed by atoms with Crippen molar-refractivity contribution >= 4 is 28.3 Å². The zero-order chi connectivity index (χ0) is 14.8. The zero-order valence-corrected chi connectivity index (χ0v) is 13.1. The SMILES string of the molecule is Cl.O=C(NCC1CCN(S(=O)(=O)C(F)F)CC1)C1CNC1. The Kier molecular flexibility index (Phi) is 6.76. The van der Waals surface area contributed by atoms with Gasteiger partial charge in [0.15, 0.2) is 0 Å². The van der Waals surface area contributed by atoms with Gasteiger partial charge < -0.3 is 10.6 Å². The summed E-state index contributed by atoms with van der Waals surface area (Å²) in [5.41, 5.74) is 0. The standard InChI is InChI=1S/C11H19F2N3O3S.ClH/c12-11(13)20(18,19)16-3-1-8(2-4-16)5-15-10(17)9-6-14-7-9;/h8-9,11,14H,1-7H2,(H,15,17);1H. The molecule has 2 N–H and O–H groups in total. The Labute approximate surface area is 129 Å². The minimum atomic E-state index is -4.46. The quantitative estimate of drug-likeness (QED) is 0.734. The molecule has 0 spiro atoms. The highest BCUT2D eigenvalue weighted by atomic mass is 35.5. The fraction of sp³-hybridized carbons (Fsp3) is 0.909. The summed E-state index contributed by atoms with van der Waals surface area (Å²) in [5.74, 6) is -3.18. The molecule has 2 heterocycles. The average molecular weight is 348 g/mol. The van der Waals surface area contributed by atoms with E-state index in [0.29, 0.717) is 32.5 Å². The predicted molar refractivity (Wildman–Crippen MR) is 75.8 cm³/mol. The van der Waals surface area contributed by atoms with E-state index in [1.54, 1.807) is 0 Å². The van der Waals surface area contributed by atoms with E-state index >= 15 is 0 Å². The molecule has 0 aromatic carbocycles. The van der Waals surface area contributed by atoms with Crippen LogP contribution in [-0.2, 0) is 14.8 Å². The third-order valence-electron chi connectivity index (χ3n) is 3.88. The van der Waals surface area contributed by atoms with Crippen LogP contribution in [0.2, 0.25) is 0 Å². The van der Waals surface area contributed by atoms with Gasteiger partial charge in [-0.15, -0.1) is 12.4 Å². The number of carbonyl (C=O) groups excluding carboxylic acids is 1. The first-order valence-electron chi connectivity index (χ1n) is 6.67. The highest BCUT2D eigenvalue weighted by Crippen LogP contribution is 2.22. The van der Waals surface area contributed by atoms with Crippen molar-refractivity contribution < 1.29 is 22.0 Å². The molecule has 1 amide bonds. The maximum Gasteiger partial charge on any atom is 0.350 e. The fourth-order valence-electron chi connectivity index (χ4n) is 2.34. The zero-order valence-electron chi connectivity index (χ0n) is 11.4. The Hall–Kier alpha value is -0.510. The molecule has 0 unspecified atom stereocenters. The smallest absolute Gasteiger partial charge is 0.350 e. The second-order valence-corrected chi connectivity index (χ2v) is 7.15. The molecule has 2 aliphatic heterocycles. The van der Waals surface area contributed by atoms with E-state index in [2.05, 4.69) is 10.6 Å². The second kappa shape index (κ2) is 7.66. The molecule has 0 bridgehead atoms. The van der Waals surface area contributed by atoms with Crippen molar-refractivity contribution in [3.05, 3.63) is 0 Å². The van der Waals surface area contributed by atoms with Crippen molar-refractivity contribution in [1.82, 2.24) is 14.9 Å². The lowest BCUT2D eigenvalue weighted by Gasteiger charge is -2.32. The van der Waals surface area contributed by atoms with E-state index in [0.717, 1.165) is 4.31 Å². The highest BCUT2D eigenvalue weighted by molar-refractivity contribution is 7.89. The van der Waals surface area contributed by atoms with E-state index < -0.39 is 15.8 Å². The minimum absolute atomic E-state index is 0. The minimum Gasteiger partial charge on any atom is -0.356 e. The Morgan fingerprint density at radius 2 is 1.86 bits per heavy atom. The number of alkyl halides is 2. The monoisotopic (exact) mass is 347 g/mol. The van der Waals surface area contributed by atoms with Gasteiger partial charge in [0.2, 0.25) is 5.91 Å². The number of nitrogens with one attached hydrogen (secondary N) is 2. The average Bonchev–Trinajstić information content (AvgIpc) is 2.34. The van der Waals surface area contributed by atoms with Gasteiger partial charge in [0.25, 0.3) is 10.0 Å². The first kappa shape index (κ1) is 18.5. The molecule has 0 aliphatic carbocycles. The van der Waals surface area contributed by atoms with Gasteiger partial charge in [-0.2, -0.15) is 13.1 Å². The molecular formula is C11H20ClF2N3O3S. The van der Waals surface area contributed by atoms with Gasteiger partial charge in [0.1, 0.15) is 0 Å². The maximum atomic E-state index is 12.4. The van der Waals surface area contributed by atoms with E-state index in [1.807, 2.05) is 0 Å². The Morgan fingerprint density at radius 3 is 2.29 bits per heavy atom. The Bertz CT molecular complexity index is 452. The van der Waals surface area contributed by atoms with Crippen molar-refractivity contribution in [1.29, 1.82) is 0 Å². The van der Waals surface area contributed by atoms with Gasteiger partial charge in [-0.3, -0.25) is 4.79 Å². The van der Waals surface area contributed by atoms with Crippen LogP contribution in [0, 0.1) is 11.8 Å². The van der Waals surface area contributed by atoms with Crippen molar-refractivity contribution in [2.75, 3.05) is 32.7 Å². The molecule has 2 saturated heterocycles. The van der Waals surface area contributed by atoms with Crippen LogP contribution in [0.1, 0.15) is 12.8 Å². The number of hydrogen-bond acceptors (Lipinski definition) is 4. The van der Waals surface area contributed by atoms with Crippen LogP contribution in [0.3, 0.4) is 0 Å². The highest BCUT2D eigenvalue weighted by Gasteiger charge is 2.35. The molecule has 6 nitrogen and oxygen atoms in total. The number of halogens is 3. The lowest BCUT2D eigenvalue weighted by atomic mass is 9.97.